The number of likely N-dealkylation sites (N-methyl/N-ethyl adjacent to an activating group) is 1. The number of carbonyl (C=O) groups excluding carboxylic acids is 1. The van der Waals surface area contributed by atoms with Crippen molar-refractivity contribution in [3.63, 3.8) is 0 Å². The fraction of sp³-hybridized carbons (Fsp3) is 0.435. The standard InChI is InChI=1S/C23H33N3O/c1-3-24-18-12-11-17-21(25-4-2)23(27)26-22(19-13-7-5-8-14-19)20-15-9-6-10-16-20/h5-10,13-16,21-22,24-25H,3-4,11-12,17-18H2,1-2H3,(H,26,27). The van der Waals surface area contributed by atoms with Gasteiger partial charge in [0.15, 0.2) is 0 Å². The average molecular weight is 368 g/mol. The van der Waals surface area contributed by atoms with Crippen molar-refractivity contribution in [2.24, 2.45) is 0 Å². The fourth-order valence-corrected chi connectivity index (χ4v) is 3.24. The zero-order chi connectivity index (χ0) is 19.3. The van der Waals surface area contributed by atoms with Crippen molar-refractivity contribution in [2.75, 3.05) is 19.6 Å². The van der Waals surface area contributed by atoms with Crippen LogP contribution < -0.4 is 16.0 Å². The number of hydrogen-bond donors (Lipinski definition) is 3. The van der Waals surface area contributed by atoms with Crippen LogP contribution in [0.3, 0.4) is 0 Å². The Morgan fingerprint density at radius 3 is 1.96 bits per heavy atom. The Bertz CT molecular complexity index is 606. The summed E-state index contributed by atoms with van der Waals surface area (Å²) in [5, 5.41) is 9.96. The van der Waals surface area contributed by atoms with E-state index in [0.29, 0.717) is 0 Å². The van der Waals surface area contributed by atoms with Gasteiger partial charge in [0.2, 0.25) is 5.91 Å². The van der Waals surface area contributed by atoms with Crippen LogP contribution in [0.25, 0.3) is 0 Å². The molecule has 0 radical (unpaired) electrons. The van der Waals surface area contributed by atoms with Gasteiger partial charge in [-0.3, -0.25) is 4.79 Å². The highest BCUT2D eigenvalue weighted by molar-refractivity contribution is 5.82. The van der Waals surface area contributed by atoms with E-state index >= 15 is 0 Å². The molecule has 2 aromatic rings. The van der Waals surface area contributed by atoms with Crippen LogP contribution in [0.1, 0.15) is 50.3 Å². The normalized spacial score (nSPS) is 12.1. The molecule has 0 saturated carbocycles. The molecule has 2 rings (SSSR count). The lowest BCUT2D eigenvalue weighted by Gasteiger charge is -2.24. The number of unbranched alkanes of at least 4 members (excludes halogenated alkanes) is 1. The molecular weight excluding hydrogens is 334 g/mol. The number of nitrogens with one attached hydrogen (secondary N) is 3. The van der Waals surface area contributed by atoms with E-state index in [0.717, 1.165) is 50.0 Å². The van der Waals surface area contributed by atoms with Crippen LogP contribution in [0.5, 0.6) is 0 Å². The summed E-state index contributed by atoms with van der Waals surface area (Å²) in [6.45, 7) is 6.94. The number of rotatable bonds is 12. The summed E-state index contributed by atoms with van der Waals surface area (Å²) in [5.41, 5.74) is 2.19. The Morgan fingerprint density at radius 1 is 0.852 bits per heavy atom. The van der Waals surface area contributed by atoms with Crippen LogP contribution in [-0.2, 0) is 4.79 Å². The van der Waals surface area contributed by atoms with E-state index in [2.05, 4.69) is 47.1 Å². The third-order valence-corrected chi connectivity index (χ3v) is 4.67. The van der Waals surface area contributed by atoms with Gasteiger partial charge in [-0.15, -0.1) is 0 Å². The van der Waals surface area contributed by atoms with Gasteiger partial charge in [-0.05, 0) is 43.6 Å². The van der Waals surface area contributed by atoms with Crippen LogP contribution in [0.4, 0.5) is 0 Å². The first kappa shape index (κ1) is 21.1. The summed E-state index contributed by atoms with van der Waals surface area (Å²) in [4.78, 5) is 13.0. The van der Waals surface area contributed by atoms with E-state index in [4.69, 9.17) is 0 Å². The highest BCUT2D eigenvalue weighted by Crippen LogP contribution is 2.22. The van der Waals surface area contributed by atoms with Crippen molar-refractivity contribution in [2.45, 2.75) is 45.2 Å². The van der Waals surface area contributed by atoms with Crippen LogP contribution in [0, 0.1) is 0 Å². The molecule has 27 heavy (non-hydrogen) atoms. The molecule has 0 saturated heterocycles. The van der Waals surface area contributed by atoms with Gasteiger partial charge in [-0.1, -0.05) is 80.9 Å². The molecule has 2 aromatic carbocycles. The molecule has 0 aliphatic rings. The molecule has 0 aliphatic heterocycles. The van der Waals surface area contributed by atoms with E-state index in [1.165, 1.54) is 0 Å². The van der Waals surface area contributed by atoms with Gasteiger partial charge >= 0.3 is 0 Å². The molecule has 0 aromatic heterocycles. The second-order valence-corrected chi connectivity index (χ2v) is 6.72. The number of amides is 1. The smallest absolute Gasteiger partial charge is 0.237 e. The molecule has 4 heteroatoms. The Labute approximate surface area is 163 Å². The molecule has 3 N–H and O–H groups in total. The molecule has 0 bridgehead atoms. The molecule has 1 atom stereocenters. The van der Waals surface area contributed by atoms with Crippen molar-refractivity contribution in [1.82, 2.24) is 16.0 Å². The quantitative estimate of drug-likeness (QED) is 0.502. The average Bonchev–Trinajstić information content (AvgIpc) is 2.72. The lowest BCUT2D eigenvalue weighted by atomic mass is 9.98. The first-order valence-electron chi connectivity index (χ1n) is 10.1. The molecule has 4 nitrogen and oxygen atoms in total. The largest absolute Gasteiger partial charge is 0.344 e. The first-order chi connectivity index (χ1) is 13.3. The van der Waals surface area contributed by atoms with Crippen LogP contribution in [-0.4, -0.2) is 31.6 Å². The Kier molecular flexibility index (Phi) is 9.60. The van der Waals surface area contributed by atoms with Gasteiger partial charge in [0.25, 0.3) is 0 Å². The van der Waals surface area contributed by atoms with Gasteiger partial charge in [0, 0.05) is 0 Å². The Morgan fingerprint density at radius 2 is 1.44 bits per heavy atom. The molecule has 146 valence electrons. The SMILES string of the molecule is CCNCCCCC(NCC)C(=O)NC(c1ccccc1)c1ccccc1. The maximum Gasteiger partial charge on any atom is 0.237 e. The van der Waals surface area contributed by atoms with Crippen molar-refractivity contribution in [3.8, 4) is 0 Å². The molecule has 0 fully saturated rings. The summed E-state index contributed by atoms with van der Waals surface area (Å²) in [6.07, 6.45) is 2.96. The number of benzene rings is 2. The Hall–Kier alpha value is -2.17. The maximum atomic E-state index is 13.0. The van der Waals surface area contributed by atoms with Crippen LogP contribution in [0.15, 0.2) is 60.7 Å². The van der Waals surface area contributed by atoms with E-state index in [1.54, 1.807) is 0 Å². The zero-order valence-corrected chi connectivity index (χ0v) is 16.6. The van der Waals surface area contributed by atoms with Crippen LogP contribution in [0.2, 0.25) is 0 Å². The Balaban J connectivity index is 2.06. The van der Waals surface area contributed by atoms with Gasteiger partial charge in [0.05, 0.1) is 12.1 Å². The van der Waals surface area contributed by atoms with Crippen molar-refractivity contribution >= 4 is 5.91 Å². The minimum atomic E-state index is -0.161. The minimum Gasteiger partial charge on any atom is -0.344 e. The third-order valence-electron chi connectivity index (χ3n) is 4.67. The fourth-order valence-electron chi connectivity index (χ4n) is 3.24. The maximum absolute atomic E-state index is 13.0. The first-order valence-corrected chi connectivity index (χ1v) is 10.1. The predicted molar refractivity (Wildman–Crippen MR) is 113 cm³/mol. The second kappa shape index (κ2) is 12.3. The molecule has 1 amide bonds. The minimum absolute atomic E-state index is 0.0676. The predicted octanol–water partition coefficient (Wildman–Crippen LogP) is 3.65. The summed E-state index contributed by atoms with van der Waals surface area (Å²) >= 11 is 0. The zero-order valence-electron chi connectivity index (χ0n) is 16.6. The third kappa shape index (κ3) is 7.16. The summed E-state index contributed by atoms with van der Waals surface area (Å²) in [6, 6.07) is 20.0. The van der Waals surface area contributed by atoms with Gasteiger partial charge in [-0.2, -0.15) is 0 Å². The summed E-state index contributed by atoms with van der Waals surface area (Å²) < 4.78 is 0. The highest BCUT2D eigenvalue weighted by Gasteiger charge is 2.22. The van der Waals surface area contributed by atoms with Gasteiger partial charge in [0.1, 0.15) is 0 Å². The van der Waals surface area contributed by atoms with Crippen molar-refractivity contribution in [3.05, 3.63) is 71.8 Å². The monoisotopic (exact) mass is 367 g/mol. The van der Waals surface area contributed by atoms with E-state index in [-0.39, 0.29) is 18.0 Å². The van der Waals surface area contributed by atoms with Crippen LogP contribution >= 0.6 is 0 Å². The van der Waals surface area contributed by atoms with Crippen molar-refractivity contribution < 1.29 is 4.79 Å². The summed E-state index contributed by atoms with van der Waals surface area (Å²) in [5.74, 6) is 0.0676. The van der Waals surface area contributed by atoms with Crippen molar-refractivity contribution in [1.29, 1.82) is 0 Å². The molecule has 0 aliphatic carbocycles. The topological polar surface area (TPSA) is 53.2 Å². The lowest BCUT2D eigenvalue weighted by Crippen LogP contribution is -2.45. The van der Waals surface area contributed by atoms with Gasteiger partial charge < -0.3 is 16.0 Å². The van der Waals surface area contributed by atoms with E-state index in [1.807, 2.05) is 43.3 Å². The second-order valence-electron chi connectivity index (χ2n) is 6.72. The molecule has 1 unspecified atom stereocenters. The molecular formula is C23H33N3O. The lowest BCUT2D eigenvalue weighted by molar-refractivity contribution is -0.123. The summed E-state index contributed by atoms with van der Waals surface area (Å²) in [7, 11) is 0. The highest BCUT2D eigenvalue weighted by atomic mass is 16.2. The molecule has 0 spiro atoms. The number of carbonyl (C=O) groups is 1. The van der Waals surface area contributed by atoms with Gasteiger partial charge in [-0.25, -0.2) is 0 Å². The number of hydrogen-bond acceptors (Lipinski definition) is 3. The molecule has 0 heterocycles. The van der Waals surface area contributed by atoms with E-state index < -0.39 is 0 Å². The van der Waals surface area contributed by atoms with E-state index in [9.17, 15) is 4.79 Å².